The Bertz CT molecular complexity index is 623. The van der Waals surface area contributed by atoms with Crippen LogP contribution in [0.3, 0.4) is 0 Å². The normalized spacial score (nSPS) is 11.8. The van der Waals surface area contributed by atoms with Crippen molar-refractivity contribution in [1.82, 2.24) is 10.6 Å². The number of amides is 1. The van der Waals surface area contributed by atoms with Crippen molar-refractivity contribution in [2.75, 3.05) is 6.54 Å². The van der Waals surface area contributed by atoms with Gasteiger partial charge >= 0.3 is 0 Å². The summed E-state index contributed by atoms with van der Waals surface area (Å²) in [7, 11) is 0. The van der Waals surface area contributed by atoms with E-state index in [1.165, 1.54) is 0 Å². The summed E-state index contributed by atoms with van der Waals surface area (Å²) >= 11 is 0. The molecule has 2 N–H and O–H groups in total. The number of carbonyl (C=O) groups excluding carboxylic acids is 1. The Morgan fingerprint density at radius 2 is 1.95 bits per heavy atom. The van der Waals surface area contributed by atoms with E-state index in [1.807, 2.05) is 39.0 Å². The minimum atomic E-state index is -0.199. The van der Waals surface area contributed by atoms with Crippen molar-refractivity contribution in [1.29, 1.82) is 0 Å². The molecule has 114 valence electrons. The number of benzene rings is 1. The first kappa shape index (κ1) is 15.6. The van der Waals surface area contributed by atoms with E-state index >= 15 is 0 Å². The van der Waals surface area contributed by atoms with Gasteiger partial charge in [0, 0.05) is 29.5 Å². The molecule has 1 amide bonds. The molecule has 0 aliphatic carbocycles. The number of furan rings is 1. The zero-order valence-corrected chi connectivity index (χ0v) is 13.2. The zero-order chi connectivity index (χ0) is 15.5. The summed E-state index contributed by atoms with van der Waals surface area (Å²) in [6.45, 7) is 8.95. The quantitative estimate of drug-likeness (QED) is 0.889. The van der Waals surface area contributed by atoms with E-state index in [-0.39, 0.29) is 11.4 Å². The second-order valence-electron chi connectivity index (χ2n) is 6.26. The summed E-state index contributed by atoms with van der Waals surface area (Å²) in [5, 5.41) is 7.27. The van der Waals surface area contributed by atoms with Gasteiger partial charge < -0.3 is 15.1 Å². The number of fused-ring (bicyclic) bond motifs is 1. The van der Waals surface area contributed by atoms with Crippen molar-refractivity contribution in [3.63, 3.8) is 0 Å². The summed E-state index contributed by atoms with van der Waals surface area (Å²) in [5.41, 5.74) is 1.86. The molecule has 0 bridgehead atoms. The Hall–Kier alpha value is -1.81. The number of para-hydroxylation sites is 1. The van der Waals surface area contributed by atoms with Crippen molar-refractivity contribution in [3.8, 4) is 0 Å². The van der Waals surface area contributed by atoms with Gasteiger partial charge in [-0.25, -0.2) is 0 Å². The molecule has 0 fully saturated rings. The van der Waals surface area contributed by atoms with Crippen LogP contribution in [0, 0.1) is 0 Å². The first-order valence-corrected chi connectivity index (χ1v) is 7.41. The summed E-state index contributed by atoms with van der Waals surface area (Å²) in [4.78, 5) is 11.8. The summed E-state index contributed by atoms with van der Waals surface area (Å²) in [6.07, 6.45) is 0.847. The fourth-order valence-electron chi connectivity index (χ4n) is 2.39. The summed E-state index contributed by atoms with van der Waals surface area (Å²) in [6, 6.07) is 8.01. The van der Waals surface area contributed by atoms with Gasteiger partial charge in [0.2, 0.25) is 5.91 Å². The lowest BCUT2D eigenvalue weighted by Crippen LogP contribution is -2.44. The number of hydrogen-bond donors (Lipinski definition) is 2. The lowest BCUT2D eigenvalue weighted by Gasteiger charge is -2.20. The Morgan fingerprint density at radius 3 is 2.62 bits per heavy atom. The molecule has 0 spiro atoms. The van der Waals surface area contributed by atoms with Gasteiger partial charge in [0.05, 0.1) is 6.54 Å². The topological polar surface area (TPSA) is 54.3 Å². The molecule has 2 rings (SSSR count). The molecule has 0 aliphatic rings. The van der Waals surface area contributed by atoms with Gasteiger partial charge in [-0.1, -0.05) is 25.1 Å². The van der Waals surface area contributed by atoms with Gasteiger partial charge in [0.1, 0.15) is 11.3 Å². The second-order valence-corrected chi connectivity index (χ2v) is 6.26. The highest BCUT2D eigenvalue weighted by Crippen LogP contribution is 2.26. The molecule has 1 aromatic heterocycles. The highest BCUT2D eigenvalue weighted by Gasteiger charge is 2.15. The lowest BCUT2D eigenvalue weighted by atomic mass is 10.1. The van der Waals surface area contributed by atoms with E-state index in [1.54, 1.807) is 0 Å². The molecule has 0 radical (unpaired) electrons. The van der Waals surface area contributed by atoms with Crippen molar-refractivity contribution in [3.05, 3.63) is 35.6 Å². The molecule has 0 aliphatic heterocycles. The summed E-state index contributed by atoms with van der Waals surface area (Å²) in [5.74, 6) is 0.994. The molecular formula is C17H24N2O2. The van der Waals surface area contributed by atoms with Crippen molar-refractivity contribution in [2.45, 2.75) is 46.2 Å². The van der Waals surface area contributed by atoms with Crippen LogP contribution in [-0.2, 0) is 17.8 Å². The van der Waals surface area contributed by atoms with E-state index in [0.29, 0.717) is 13.1 Å². The molecule has 1 aromatic carbocycles. The summed E-state index contributed by atoms with van der Waals surface area (Å²) < 4.78 is 5.85. The molecule has 0 saturated heterocycles. The predicted octanol–water partition coefficient (Wildman–Crippen LogP) is 3.00. The van der Waals surface area contributed by atoms with Crippen LogP contribution in [0.2, 0.25) is 0 Å². The maximum Gasteiger partial charge on any atom is 0.234 e. The Kier molecular flexibility index (Phi) is 4.68. The molecule has 0 saturated carbocycles. The molecule has 0 atom stereocenters. The van der Waals surface area contributed by atoms with Crippen LogP contribution in [-0.4, -0.2) is 18.0 Å². The van der Waals surface area contributed by atoms with Crippen LogP contribution >= 0.6 is 0 Å². The Balaban J connectivity index is 2.02. The molecule has 4 heteroatoms. The van der Waals surface area contributed by atoms with E-state index < -0.39 is 0 Å². The number of aryl methyl sites for hydroxylation is 1. The van der Waals surface area contributed by atoms with Gasteiger partial charge in [-0.05, 0) is 26.8 Å². The third-order valence-corrected chi connectivity index (χ3v) is 3.20. The highest BCUT2D eigenvalue weighted by molar-refractivity contribution is 5.82. The number of carbonyl (C=O) groups is 1. The van der Waals surface area contributed by atoms with Crippen LogP contribution < -0.4 is 10.6 Å². The van der Waals surface area contributed by atoms with Crippen molar-refractivity contribution >= 4 is 16.9 Å². The van der Waals surface area contributed by atoms with Gasteiger partial charge in [-0.2, -0.15) is 0 Å². The van der Waals surface area contributed by atoms with E-state index in [9.17, 15) is 4.79 Å². The van der Waals surface area contributed by atoms with Crippen LogP contribution in [0.25, 0.3) is 11.0 Å². The largest absolute Gasteiger partial charge is 0.461 e. The first-order valence-electron chi connectivity index (χ1n) is 7.41. The van der Waals surface area contributed by atoms with Crippen LogP contribution in [0.4, 0.5) is 0 Å². The van der Waals surface area contributed by atoms with Crippen molar-refractivity contribution < 1.29 is 9.21 Å². The molecular weight excluding hydrogens is 264 g/mol. The predicted molar refractivity (Wildman–Crippen MR) is 85.2 cm³/mol. The fourth-order valence-corrected chi connectivity index (χ4v) is 2.39. The van der Waals surface area contributed by atoms with Crippen molar-refractivity contribution in [2.24, 2.45) is 0 Å². The SMILES string of the molecule is CCc1oc2ccccc2c1CNCC(=O)NC(C)(C)C. The monoisotopic (exact) mass is 288 g/mol. The maximum atomic E-state index is 11.8. The number of nitrogens with one attached hydrogen (secondary N) is 2. The molecule has 21 heavy (non-hydrogen) atoms. The van der Waals surface area contributed by atoms with E-state index in [2.05, 4.69) is 23.6 Å². The standard InChI is InChI=1S/C17H24N2O2/c1-5-14-13(12-8-6-7-9-15(12)21-14)10-18-11-16(20)19-17(2,3)4/h6-9,18H,5,10-11H2,1-4H3,(H,19,20). The second kappa shape index (κ2) is 6.31. The average molecular weight is 288 g/mol. The maximum absolute atomic E-state index is 11.8. The average Bonchev–Trinajstić information content (AvgIpc) is 2.75. The fraction of sp³-hybridized carbons (Fsp3) is 0.471. The van der Waals surface area contributed by atoms with Gasteiger partial charge in [0.15, 0.2) is 0 Å². The molecule has 2 aromatic rings. The van der Waals surface area contributed by atoms with Crippen LogP contribution in [0.1, 0.15) is 39.0 Å². The third kappa shape index (κ3) is 4.08. The highest BCUT2D eigenvalue weighted by atomic mass is 16.3. The molecule has 1 heterocycles. The van der Waals surface area contributed by atoms with Gasteiger partial charge in [-0.3, -0.25) is 4.79 Å². The Labute approximate surface area is 125 Å². The van der Waals surface area contributed by atoms with Crippen LogP contribution in [0.15, 0.2) is 28.7 Å². The van der Waals surface area contributed by atoms with Gasteiger partial charge in [0.25, 0.3) is 0 Å². The minimum absolute atomic E-state index is 0.00773. The minimum Gasteiger partial charge on any atom is -0.461 e. The Morgan fingerprint density at radius 1 is 1.24 bits per heavy atom. The first-order chi connectivity index (χ1) is 9.90. The van der Waals surface area contributed by atoms with E-state index in [0.717, 1.165) is 28.7 Å². The molecule has 4 nitrogen and oxygen atoms in total. The van der Waals surface area contributed by atoms with Gasteiger partial charge in [-0.15, -0.1) is 0 Å². The lowest BCUT2D eigenvalue weighted by molar-refractivity contribution is -0.121. The third-order valence-electron chi connectivity index (χ3n) is 3.20. The zero-order valence-electron chi connectivity index (χ0n) is 13.2. The van der Waals surface area contributed by atoms with Crippen LogP contribution in [0.5, 0.6) is 0 Å². The number of hydrogen-bond acceptors (Lipinski definition) is 3. The van der Waals surface area contributed by atoms with E-state index in [4.69, 9.17) is 4.42 Å². The smallest absolute Gasteiger partial charge is 0.234 e. The molecule has 0 unspecified atom stereocenters. The number of rotatable bonds is 5.